The Morgan fingerprint density at radius 2 is 1.75 bits per heavy atom. The average Bonchev–Trinajstić information content (AvgIpc) is 3.22. The number of amides is 3. The first-order valence-electron chi connectivity index (χ1n) is 9.74. The first-order valence-corrected chi connectivity index (χ1v) is 9.74. The molecular formula is C20H27N3O5. The van der Waals surface area contributed by atoms with Gasteiger partial charge in [-0.2, -0.15) is 0 Å². The molecule has 152 valence electrons. The van der Waals surface area contributed by atoms with Gasteiger partial charge in [0.25, 0.3) is 0 Å². The van der Waals surface area contributed by atoms with E-state index in [0.29, 0.717) is 37.4 Å². The van der Waals surface area contributed by atoms with Crippen molar-refractivity contribution in [1.29, 1.82) is 0 Å². The number of aryl methyl sites for hydroxylation is 1. The van der Waals surface area contributed by atoms with E-state index in [-0.39, 0.29) is 17.9 Å². The molecule has 0 saturated carbocycles. The van der Waals surface area contributed by atoms with E-state index in [9.17, 15) is 14.4 Å². The molecule has 0 bridgehead atoms. The highest BCUT2D eigenvalue weighted by Crippen LogP contribution is 2.25. The van der Waals surface area contributed by atoms with Crippen LogP contribution in [0.4, 0.5) is 10.5 Å². The summed E-state index contributed by atoms with van der Waals surface area (Å²) in [5, 5.41) is 11.6. The van der Waals surface area contributed by atoms with Crippen LogP contribution in [0.25, 0.3) is 0 Å². The van der Waals surface area contributed by atoms with Crippen LogP contribution in [0.5, 0.6) is 5.75 Å². The third-order valence-electron chi connectivity index (χ3n) is 5.33. The lowest BCUT2D eigenvalue weighted by molar-refractivity contribution is -0.139. The van der Waals surface area contributed by atoms with Crippen LogP contribution in [-0.4, -0.2) is 65.6 Å². The fourth-order valence-electron chi connectivity index (χ4n) is 3.69. The van der Waals surface area contributed by atoms with Crippen LogP contribution in [0.1, 0.15) is 31.2 Å². The highest BCUT2D eigenvalue weighted by atomic mass is 16.5. The number of anilines is 1. The number of nitrogens with zero attached hydrogens (tertiary/aromatic N) is 2. The summed E-state index contributed by atoms with van der Waals surface area (Å²) in [6, 6.07) is 5.17. The van der Waals surface area contributed by atoms with Crippen LogP contribution < -0.4 is 10.1 Å². The van der Waals surface area contributed by atoms with E-state index in [4.69, 9.17) is 9.84 Å². The van der Waals surface area contributed by atoms with Crippen molar-refractivity contribution in [1.82, 2.24) is 9.80 Å². The van der Waals surface area contributed by atoms with Crippen molar-refractivity contribution < 1.29 is 24.2 Å². The summed E-state index contributed by atoms with van der Waals surface area (Å²) in [6.45, 7) is 4.32. The standard InChI is InChI=1S/C20H27N3O5/c1-14-12-16(28-13-18(24)25)4-5-17(14)21-19(26)15-6-10-23(11-7-15)20(27)22-8-2-3-9-22/h4-5,12,15H,2-3,6-11,13H2,1H3,(H,21,26)(H,24,25). The first-order chi connectivity index (χ1) is 13.4. The van der Waals surface area contributed by atoms with Crippen molar-refractivity contribution in [2.24, 2.45) is 5.92 Å². The summed E-state index contributed by atoms with van der Waals surface area (Å²) in [4.78, 5) is 39.4. The molecular weight excluding hydrogens is 362 g/mol. The summed E-state index contributed by atoms with van der Waals surface area (Å²) in [5.41, 5.74) is 1.49. The van der Waals surface area contributed by atoms with Crippen LogP contribution >= 0.6 is 0 Å². The second-order valence-electron chi connectivity index (χ2n) is 7.39. The van der Waals surface area contributed by atoms with Gasteiger partial charge in [-0.05, 0) is 56.4 Å². The molecule has 0 aliphatic carbocycles. The Morgan fingerprint density at radius 3 is 2.36 bits per heavy atom. The maximum atomic E-state index is 12.6. The smallest absolute Gasteiger partial charge is 0.341 e. The number of rotatable bonds is 5. The largest absolute Gasteiger partial charge is 0.482 e. The van der Waals surface area contributed by atoms with Gasteiger partial charge in [0.15, 0.2) is 6.61 Å². The normalized spacial score (nSPS) is 17.5. The highest BCUT2D eigenvalue weighted by Gasteiger charge is 2.30. The van der Waals surface area contributed by atoms with Crippen LogP contribution in [0.3, 0.4) is 0 Å². The number of urea groups is 1. The van der Waals surface area contributed by atoms with E-state index in [1.54, 1.807) is 18.2 Å². The van der Waals surface area contributed by atoms with Gasteiger partial charge >= 0.3 is 12.0 Å². The predicted octanol–water partition coefficient (Wildman–Crippen LogP) is 2.32. The lowest BCUT2D eigenvalue weighted by atomic mass is 9.96. The van der Waals surface area contributed by atoms with Gasteiger partial charge in [0, 0.05) is 37.8 Å². The quantitative estimate of drug-likeness (QED) is 0.805. The van der Waals surface area contributed by atoms with E-state index >= 15 is 0 Å². The molecule has 0 atom stereocenters. The molecule has 2 heterocycles. The molecule has 3 amide bonds. The number of hydrogen-bond acceptors (Lipinski definition) is 4. The van der Waals surface area contributed by atoms with Crippen molar-refractivity contribution >= 4 is 23.6 Å². The maximum Gasteiger partial charge on any atom is 0.341 e. The third-order valence-corrected chi connectivity index (χ3v) is 5.33. The second-order valence-corrected chi connectivity index (χ2v) is 7.39. The number of likely N-dealkylation sites (tertiary alicyclic amines) is 2. The number of benzene rings is 1. The molecule has 3 rings (SSSR count). The second kappa shape index (κ2) is 8.95. The number of carbonyl (C=O) groups is 3. The summed E-state index contributed by atoms with van der Waals surface area (Å²) in [7, 11) is 0. The predicted molar refractivity (Wildman–Crippen MR) is 103 cm³/mol. The number of carbonyl (C=O) groups excluding carboxylic acids is 2. The number of hydrogen-bond donors (Lipinski definition) is 2. The van der Waals surface area contributed by atoms with E-state index in [1.807, 2.05) is 16.7 Å². The van der Waals surface area contributed by atoms with Crippen LogP contribution in [0.2, 0.25) is 0 Å². The van der Waals surface area contributed by atoms with Gasteiger partial charge < -0.3 is 25.0 Å². The maximum absolute atomic E-state index is 12.6. The minimum absolute atomic E-state index is 0.0458. The van der Waals surface area contributed by atoms with E-state index in [2.05, 4.69) is 5.32 Å². The molecule has 2 N–H and O–H groups in total. The molecule has 8 nitrogen and oxygen atoms in total. The zero-order valence-corrected chi connectivity index (χ0v) is 16.1. The number of nitrogens with one attached hydrogen (secondary N) is 1. The third kappa shape index (κ3) is 4.94. The molecule has 0 aromatic heterocycles. The number of aliphatic carboxylic acids is 1. The molecule has 28 heavy (non-hydrogen) atoms. The molecule has 2 aliphatic rings. The van der Waals surface area contributed by atoms with Crippen LogP contribution in [0.15, 0.2) is 18.2 Å². The highest BCUT2D eigenvalue weighted by molar-refractivity contribution is 5.93. The van der Waals surface area contributed by atoms with Crippen molar-refractivity contribution in [3.8, 4) is 5.75 Å². The van der Waals surface area contributed by atoms with Crippen LogP contribution in [0, 0.1) is 12.8 Å². The fourth-order valence-corrected chi connectivity index (χ4v) is 3.69. The summed E-state index contributed by atoms with van der Waals surface area (Å²) in [5.74, 6) is -0.753. The van der Waals surface area contributed by atoms with Gasteiger partial charge in [0.05, 0.1) is 0 Å². The summed E-state index contributed by atoms with van der Waals surface area (Å²) >= 11 is 0. The summed E-state index contributed by atoms with van der Waals surface area (Å²) < 4.78 is 5.15. The van der Waals surface area contributed by atoms with Crippen molar-refractivity contribution in [2.45, 2.75) is 32.6 Å². The Hall–Kier alpha value is -2.77. The number of carboxylic acid groups (broad SMARTS) is 1. The number of ether oxygens (including phenoxy) is 1. The van der Waals surface area contributed by atoms with E-state index in [0.717, 1.165) is 31.5 Å². The molecule has 2 fully saturated rings. The Labute approximate surface area is 164 Å². The Balaban J connectivity index is 1.50. The fraction of sp³-hybridized carbons (Fsp3) is 0.550. The molecule has 2 saturated heterocycles. The zero-order valence-electron chi connectivity index (χ0n) is 16.1. The van der Waals surface area contributed by atoms with Gasteiger partial charge in [-0.25, -0.2) is 9.59 Å². The number of carboxylic acids is 1. The van der Waals surface area contributed by atoms with Gasteiger partial charge in [0.1, 0.15) is 5.75 Å². The SMILES string of the molecule is Cc1cc(OCC(=O)O)ccc1NC(=O)C1CCN(C(=O)N2CCCC2)CC1. The number of piperidine rings is 1. The van der Waals surface area contributed by atoms with Gasteiger partial charge in [-0.1, -0.05) is 0 Å². The molecule has 0 spiro atoms. The van der Waals surface area contributed by atoms with Crippen LogP contribution in [-0.2, 0) is 9.59 Å². The summed E-state index contributed by atoms with van der Waals surface area (Å²) in [6.07, 6.45) is 3.46. The monoisotopic (exact) mass is 389 g/mol. The Morgan fingerprint density at radius 1 is 1.11 bits per heavy atom. The van der Waals surface area contributed by atoms with Crippen molar-refractivity contribution in [2.75, 3.05) is 38.1 Å². The topological polar surface area (TPSA) is 99.2 Å². The molecule has 0 radical (unpaired) electrons. The molecule has 0 unspecified atom stereocenters. The van der Waals surface area contributed by atoms with Gasteiger partial charge in [0.2, 0.25) is 5.91 Å². The molecule has 1 aromatic rings. The van der Waals surface area contributed by atoms with Gasteiger partial charge in [-0.15, -0.1) is 0 Å². The zero-order chi connectivity index (χ0) is 20.1. The van der Waals surface area contributed by atoms with Crippen molar-refractivity contribution in [3.63, 3.8) is 0 Å². The Bertz CT molecular complexity index is 737. The molecule has 2 aliphatic heterocycles. The minimum atomic E-state index is -1.04. The molecule has 1 aromatic carbocycles. The van der Waals surface area contributed by atoms with E-state index < -0.39 is 12.6 Å². The lowest BCUT2D eigenvalue weighted by Gasteiger charge is -2.34. The van der Waals surface area contributed by atoms with E-state index in [1.165, 1.54) is 0 Å². The minimum Gasteiger partial charge on any atom is -0.482 e. The first kappa shape index (κ1) is 20.0. The lowest BCUT2D eigenvalue weighted by Crippen LogP contribution is -2.47. The molecule has 8 heteroatoms. The Kier molecular flexibility index (Phi) is 6.38. The average molecular weight is 389 g/mol. The van der Waals surface area contributed by atoms with Crippen molar-refractivity contribution in [3.05, 3.63) is 23.8 Å². The van der Waals surface area contributed by atoms with Gasteiger partial charge in [-0.3, -0.25) is 4.79 Å².